The van der Waals surface area contributed by atoms with Gasteiger partial charge in [0.25, 0.3) is 0 Å². The summed E-state index contributed by atoms with van der Waals surface area (Å²) in [6, 6.07) is 47.6. The summed E-state index contributed by atoms with van der Waals surface area (Å²) in [4.78, 5) is 20.7. The van der Waals surface area contributed by atoms with E-state index in [1.807, 2.05) is 72.8 Å². The van der Waals surface area contributed by atoms with Gasteiger partial charge in [-0.15, -0.1) is 0 Å². The molecule has 0 bridgehead atoms. The molecule has 7 rings (SSSR count). The Bertz CT molecular complexity index is 1860. The third-order valence-electron chi connectivity index (χ3n) is 8.57. The van der Waals surface area contributed by atoms with E-state index in [0.29, 0.717) is 11.6 Å². The van der Waals surface area contributed by atoms with E-state index in [0.717, 1.165) is 62.6 Å². The van der Waals surface area contributed by atoms with Gasteiger partial charge in [-0.1, -0.05) is 128 Å². The second-order valence-corrected chi connectivity index (χ2v) is 11.4. The topological polar surface area (TPSA) is 51.6 Å². The Labute approximate surface area is 270 Å². The average Bonchev–Trinajstić information content (AvgIpc) is 3.13. The number of hydrogen-bond donors (Lipinski definition) is 0. The van der Waals surface area contributed by atoms with Gasteiger partial charge in [0.05, 0.1) is 22.8 Å². The molecule has 0 radical (unpaired) electrons. The van der Waals surface area contributed by atoms with Crippen LogP contribution in [0.3, 0.4) is 0 Å². The molecule has 7 aromatic rings. The summed E-state index contributed by atoms with van der Waals surface area (Å²) in [5.41, 5.74) is 13.3. The molecule has 0 atom stereocenters. The maximum absolute atomic E-state index is 5.18. The molecule has 46 heavy (non-hydrogen) atoms. The zero-order chi connectivity index (χ0) is 31.5. The highest BCUT2D eigenvalue weighted by molar-refractivity contribution is 5.79. The largest absolute Gasteiger partial charge is 0.228 e. The Morgan fingerprint density at radius 2 is 0.674 bits per heavy atom. The van der Waals surface area contributed by atoms with Crippen LogP contribution >= 0.6 is 0 Å². The lowest BCUT2D eigenvalue weighted by Crippen LogP contribution is -2.04. The van der Waals surface area contributed by atoms with Gasteiger partial charge in [-0.3, -0.25) is 0 Å². The van der Waals surface area contributed by atoms with Crippen LogP contribution in [0.4, 0.5) is 0 Å². The van der Waals surface area contributed by atoms with E-state index in [1.165, 1.54) is 16.7 Å². The molecular weight excluding hydrogens is 560 g/mol. The van der Waals surface area contributed by atoms with Gasteiger partial charge in [0.15, 0.2) is 11.6 Å². The molecule has 0 saturated heterocycles. The summed E-state index contributed by atoms with van der Waals surface area (Å²) in [5, 5.41) is 0. The second-order valence-electron chi connectivity index (χ2n) is 11.4. The highest BCUT2D eigenvalue weighted by atomic mass is 14.9. The second kappa shape index (κ2) is 12.7. The Morgan fingerprint density at radius 3 is 0.935 bits per heavy atom. The van der Waals surface area contributed by atoms with Crippen LogP contribution in [0.1, 0.15) is 23.6 Å². The zero-order valence-corrected chi connectivity index (χ0v) is 26.3. The molecule has 2 aromatic heterocycles. The molecule has 0 aliphatic carbocycles. The summed E-state index contributed by atoms with van der Waals surface area (Å²) in [6.45, 7) is 6.57. The van der Waals surface area contributed by atoms with E-state index in [9.17, 15) is 0 Å². The fourth-order valence-corrected chi connectivity index (χ4v) is 6.12. The van der Waals surface area contributed by atoms with Gasteiger partial charge in [0.1, 0.15) is 0 Å². The van der Waals surface area contributed by atoms with Crippen LogP contribution in [0.15, 0.2) is 140 Å². The molecule has 0 fully saturated rings. The lowest BCUT2D eigenvalue weighted by molar-refractivity contribution is 1.06. The molecule has 0 N–H and O–H groups in total. The highest BCUT2D eigenvalue weighted by Gasteiger charge is 2.20. The van der Waals surface area contributed by atoms with E-state index in [4.69, 9.17) is 19.9 Å². The molecule has 0 aliphatic heterocycles. The lowest BCUT2D eigenvalue weighted by Gasteiger charge is -2.19. The van der Waals surface area contributed by atoms with Crippen molar-refractivity contribution < 1.29 is 0 Å². The van der Waals surface area contributed by atoms with Crippen LogP contribution in [0.25, 0.3) is 67.8 Å². The molecule has 4 heteroatoms. The predicted molar refractivity (Wildman–Crippen MR) is 189 cm³/mol. The molecule has 0 unspecified atom stereocenters. The van der Waals surface area contributed by atoms with Gasteiger partial charge in [0.2, 0.25) is 0 Å². The van der Waals surface area contributed by atoms with Crippen LogP contribution in [0.5, 0.6) is 0 Å². The summed E-state index contributed by atoms with van der Waals surface area (Å²) < 4.78 is 0. The molecule has 0 aliphatic rings. The molecular formula is C42H34N4. The number of benzene rings is 5. The first-order valence-corrected chi connectivity index (χ1v) is 15.7. The van der Waals surface area contributed by atoms with Crippen LogP contribution in [-0.4, -0.2) is 19.9 Å². The van der Waals surface area contributed by atoms with Crippen molar-refractivity contribution in [1.29, 1.82) is 0 Å². The first kappa shape index (κ1) is 29.0. The van der Waals surface area contributed by atoms with Crippen molar-refractivity contribution in [3.8, 4) is 67.8 Å². The SMILES string of the molecule is CCc1c(C)c(-c2nc(-c3ccccc3)cc(-c3ccccc3)n2)cc(-c2nc(-c3ccccc3)cc(-c3ccccc3)n2)c1C. The summed E-state index contributed by atoms with van der Waals surface area (Å²) in [7, 11) is 0. The van der Waals surface area contributed by atoms with E-state index in [1.54, 1.807) is 0 Å². The Hall–Kier alpha value is -5.74. The van der Waals surface area contributed by atoms with Crippen molar-refractivity contribution in [3.63, 3.8) is 0 Å². The van der Waals surface area contributed by atoms with Gasteiger partial charge in [-0.2, -0.15) is 0 Å². The predicted octanol–water partition coefficient (Wildman–Crippen LogP) is 10.4. The molecule has 5 aromatic carbocycles. The molecule has 0 spiro atoms. The molecule has 222 valence electrons. The van der Waals surface area contributed by atoms with Crippen LogP contribution < -0.4 is 0 Å². The van der Waals surface area contributed by atoms with Crippen molar-refractivity contribution in [1.82, 2.24) is 19.9 Å². The minimum absolute atomic E-state index is 0.691. The standard InChI is InChI=1S/C42H34N4/c1-4-34-28(2)35(41-43-37(30-17-9-5-10-18-30)26-38(44-41)31-19-11-6-12-20-31)25-36(29(34)3)42-45-39(32-21-13-7-14-22-32)27-40(46-42)33-23-15-8-16-24-33/h5-27H,4H2,1-3H3. The van der Waals surface area contributed by atoms with Crippen molar-refractivity contribution in [3.05, 3.63) is 156 Å². The highest BCUT2D eigenvalue weighted by Crippen LogP contribution is 2.37. The van der Waals surface area contributed by atoms with Crippen molar-refractivity contribution in [2.45, 2.75) is 27.2 Å². The van der Waals surface area contributed by atoms with E-state index >= 15 is 0 Å². The fraction of sp³-hybridized carbons (Fsp3) is 0.0952. The minimum atomic E-state index is 0.691. The van der Waals surface area contributed by atoms with Crippen LogP contribution in [-0.2, 0) is 6.42 Å². The molecule has 0 amide bonds. The normalized spacial score (nSPS) is 11.0. The number of rotatable bonds is 7. The smallest absolute Gasteiger partial charge is 0.160 e. The number of aromatic nitrogens is 4. The first-order chi connectivity index (χ1) is 22.6. The van der Waals surface area contributed by atoms with Gasteiger partial charge < -0.3 is 0 Å². The average molecular weight is 595 g/mol. The maximum Gasteiger partial charge on any atom is 0.160 e. The summed E-state index contributed by atoms with van der Waals surface area (Å²) in [6.07, 6.45) is 0.867. The van der Waals surface area contributed by atoms with Crippen molar-refractivity contribution in [2.75, 3.05) is 0 Å². The van der Waals surface area contributed by atoms with Gasteiger partial charge in [-0.25, -0.2) is 19.9 Å². The monoisotopic (exact) mass is 594 g/mol. The Morgan fingerprint density at radius 1 is 0.391 bits per heavy atom. The van der Waals surface area contributed by atoms with E-state index < -0.39 is 0 Å². The van der Waals surface area contributed by atoms with Crippen LogP contribution in [0.2, 0.25) is 0 Å². The van der Waals surface area contributed by atoms with Crippen molar-refractivity contribution in [2.24, 2.45) is 0 Å². The first-order valence-electron chi connectivity index (χ1n) is 15.7. The third kappa shape index (κ3) is 5.73. The lowest BCUT2D eigenvalue weighted by atomic mass is 9.90. The molecule has 0 saturated carbocycles. The van der Waals surface area contributed by atoms with Crippen molar-refractivity contribution >= 4 is 0 Å². The number of hydrogen-bond acceptors (Lipinski definition) is 4. The van der Waals surface area contributed by atoms with E-state index in [2.05, 4.69) is 87.5 Å². The van der Waals surface area contributed by atoms with Gasteiger partial charge in [0, 0.05) is 33.4 Å². The third-order valence-corrected chi connectivity index (χ3v) is 8.57. The molecule has 4 nitrogen and oxygen atoms in total. The van der Waals surface area contributed by atoms with Crippen LogP contribution in [0, 0.1) is 13.8 Å². The van der Waals surface area contributed by atoms with Gasteiger partial charge >= 0.3 is 0 Å². The number of nitrogens with zero attached hydrogens (tertiary/aromatic N) is 4. The maximum atomic E-state index is 5.18. The summed E-state index contributed by atoms with van der Waals surface area (Å²) >= 11 is 0. The quantitative estimate of drug-likeness (QED) is 0.184. The Balaban J connectivity index is 1.47. The molecule has 2 heterocycles. The van der Waals surface area contributed by atoms with Gasteiger partial charge in [-0.05, 0) is 55.2 Å². The Kier molecular flexibility index (Phi) is 8.01. The zero-order valence-electron chi connectivity index (χ0n) is 26.3. The minimum Gasteiger partial charge on any atom is -0.228 e. The van der Waals surface area contributed by atoms with E-state index in [-0.39, 0.29) is 0 Å². The summed E-state index contributed by atoms with van der Waals surface area (Å²) in [5.74, 6) is 1.38. The fourth-order valence-electron chi connectivity index (χ4n) is 6.12.